The van der Waals surface area contributed by atoms with Crippen LogP contribution < -0.4 is 10.1 Å². The van der Waals surface area contributed by atoms with Crippen LogP contribution in [0.5, 0.6) is 5.75 Å². The quantitative estimate of drug-likeness (QED) is 0.731. The first-order valence-electron chi connectivity index (χ1n) is 9.02. The zero-order valence-corrected chi connectivity index (χ0v) is 17.0. The van der Waals surface area contributed by atoms with Crippen molar-refractivity contribution in [1.82, 2.24) is 10.2 Å². The minimum Gasteiger partial charge on any atom is -0.496 e. The smallest absolute Gasteiger partial charge is 0.337 e. The van der Waals surface area contributed by atoms with Crippen LogP contribution in [0.3, 0.4) is 0 Å². The first-order valence-corrected chi connectivity index (χ1v) is 10.2. The second-order valence-corrected chi connectivity index (χ2v) is 7.40. The third-order valence-electron chi connectivity index (χ3n) is 4.62. The number of benzene rings is 2. The average molecular weight is 414 g/mol. The van der Waals surface area contributed by atoms with E-state index >= 15 is 0 Å². The normalized spacial score (nSPS) is 15.7. The fourth-order valence-corrected chi connectivity index (χ4v) is 4.17. The molecule has 2 aromatic carbocycles. The van der Waals surface area contributed by atoms with E-state index < -0.39 is 12.0 Å². The number of para-hydroxylation sites is 1. The number of thioether (sulfide) groups is 1. The van der Waals surface area contributed by atoms with Gasteiger partial charge in [-0.2, -0.15) is 0 Å². The molecular weight excluding hydrogens is 392 g/mol. The lowest BCUT2D eigenvalue weighted by Crippen LogP contribution is -2.47. The summed E-state index contributed by atoms with van der Waals surface area (Å²) in [5.74, 6) is 0.621. The number of hydrogen-bond acceptors (Lipinski definition) is 6. The molecule has 0 saturated carbocycles. The molecule has 1 atom stereocenters. The Balaban J connectivity index is 1.64. The molecule has 0 bridgehead atoms. The van der Waals surface area contributed by atoms with Gasteiger partial charge in [0.25, 0.3) is 5.91 Å². The number of esters is 1. The summed E-state index contributed by atoms with van der Waals surface area (Å²) in [5, 5.41) is 2.87. The molecule has 1 unspecified atom stereocenters. The third-order valence-corrected chi connectivity index (χ3v) is 5.64. The molecule has 1 heterocycles. The molecule has 0 aliphatic carbocycles. The Kier molecular flexibility index (Phi) is 6.77. The highest BCUT2D eigenvalue weighted by atomic mass is 32.2. The van der Waals surface area contributed by atoms with E-state index in [2.05, 4.69) is 10.1 Å². The summed E-state index contributed by atoms with van der Waals surface area (Å²) in [6.45, 7) is 0.304. The summed E-state index contributed by atoms with van der Waals surface area (Å²) in [6.07, 6.45) is 0. The van der Waals surface area contributed by atoms with Crippen molar-refractivity contribution in [1.29, 1.82) is 0 Å². The Hall–Kier alpha value is -3.00. The summed E-state index contributed by atoms with van der Waals surface area (Å²) in [5.41, 5.74) is 1.73. The lowest BCUT2D eigenvalue weighted by Gasteiger charge is -2.24. The van der Waals surface area contributed by atoms with Crippen LogP contribution in [-0.4, -0.2) is 54.6 Å². The van der Waals surface area contributed by atoms with Crippen LogP contribution in [-0.2, 0) is 16.1 Å². The second-order valence-electron chi connectivity index (χ2n) is 6.40. The SMILES string of the molecule is COC(=O)c1ccc(CNC(=O)C2CSCN2C(=O)c2ccccc2OC)cc1. The predicted molar refractivity (Wildman–Crippen MR) is 110 cm³/mol. The Labute approximate surface area is 173 Å². The Morgan fingerprint density at radius 2 is 1.83 bits per heavy atom. The van der Waals surface area contributed by atoms with Gasteiger partial charge < -0.3 is 19.7 Å². The van der Waals surface area contributed by atoms with Gasteiger partial charge in [0.1, 0.15) is 11.8 Å². The van der Waals surface area contributed by atoms with Gasteiger partial charge in [-0.1, -0.05) is 24.3 Å². The van der Waals surface area contributed by atoms with Crippen molar-refractivity contribution in [3.05, 3.63) is 65.2 Å². The molecule has 2 aromatic rings. The molecule has 8 heteroatoms. The molecule has 1 N–H and O–H groups in total. The molecule has 0 spiro atoms. The number of amides is 2. The summed E-state index contributed by atoms with van der Waals surface area (Å²) in [7, 11) is 2.84. The van der Waals surface area contributed by atoms with Gasteiger partial charge >= 0.3 is 5.97 Å². The number of hydrogen-bond donors (Lipinski definition) is 1. The molecule has 1 aliphatic heterocycles. The zero-order valence-electron chi connectivity index (χ0n) is 16.2. The average Bonchev–Trinajstić information content (AvgIpc) is 3.26. The van der Waals surface area contributed by atoms with Gasteiger partial charge in [0.05, 0.1) is 31.2 Å². The molecule has 1 aliphatic rings. The standard InChI is InChI=1S/C21H22N2O5S/c1-27-18-6-4-3-5-16(18)20(25)23-13-29-12-17(23)19(24)22-11-14-7-9-15(10-8-14)21(26)28-2/h3-10,17H,11-13H2,1-2H3,(H,22,24). The first kappa shape index (κ1) is 20.7. The van der Waals surface area contributed by atoms with Gasteiger partial charge in [-0.25, -0.2) is 4.79 Å². The van der Waals surface area contributed by atoms with E-state index in [1.807, 2.05) is 0 Å². The number of carbonyl (C=O) groups excluding carboxylic acids is 3. The summed E-state index contributed by atoms with van der Waals surface area (Å²) in [4.78, 5) is 38.7. The topological polar surface area (TPSA) is 84.9 Å². The maximum atomic E-state index is 13.0. The zero-order chi connectivity index (χ0) is 20.8. The van der Waals surface area contributed by atoms with Crippen LogP contribution in [0.25, 0.3) is 0 Å². The van der Waals surface area contributed by atoms with E-state index in [1.165, 1.54) is 26.0 Å². The lowest BCUT2D eigenvalue weighted by atomic mass is 10.1. The second kappa shape index (κ2) is 9.47. The van der Waals surface area contributed by atoms with Crippen LogP contribution in [0.1, 0.15) is 26.3 Å². The van der Waals surface area contributed by atoms with Crippen LogP contribution in [0.2, 0.25) is 0 Å². The highest BCUT2D eigenvalue weighted by Gasteiger charge is 2.35. The molecule has 29 heavy (non-hydrogen) atoms. The van der Waals surface area contributed by atoms with E-state index in [-0.39, 0.29) is 11.8 Å². The maximum absolute atomic E-state index is 13.0. The van der Waals surface area contributed by atoms with Crippen molar-refractivity contribution in [3.8, 4) is 5.75 Å². The van der Waals surface area contributed by atoms with Gasteiger partial charge in [-0.05, 0) is 29.8 Å². The van der Waals surface area contributed by atoms with Crippen molar-refractivity contribution in [2.24, 2.45) is 0 Å². The van der Waals surface area contributed by atoms with Crippen molar-refractivity contribution in [2.45, 2.75) is 12.6 Å². The van der Waals surface area contributed by atoms with E-state index in [0.29, 0.717) is 35.1 Å². The van der Waals surface area contributed by atoms with Crippen molar-refractivity contribution >= 4 is 29.5 Å². The van der Waals surface area contributed by atoms with E-state index in [4.69, 9.17) is 4.74 Å². The van der Waals surface area contributed by atoms with Gasteiger partial charge in [-0.15, -0.1) is 11.8 Å². The molecule has 0 radical (unpaired) electrons. The Morgan fingerprint density at radius 3 is 2.52 bits per heavy atom. The maximum Gasteiger partial charge on any atom is 0.337 e. The van der Waals surface area contributed by atoms with Gasteiger partial charge in [0.15, 0.2) is 0 Å². The van der Waals surface area contributed by atoms with Gasteiger partial charge in [-0.3, -0.25) is 9.59 Å². The Morgan fingerprint density at radius 1 is 1.10 bits per heavy atom. The van der Waals surface area contributed by atoms with Crippen LogP contribution in [0.4, 0.5) is 0 Å². The Bertz CT molecular complexity index is 900. The molecule has 2 amide bonds. The third kappa shape index (κ3) is 4.71. The summed E-state index contributed by atoms with van der Waals surface area (Å²) < 4.78 is 9.95. The monoisotopic (exact) mass is 414 g/mol. The minimum atomic E-state index is -0.549. The van der Waals surface area contributed by atoms with Gasteiger partial charge in [0.2, 0.25) is 5.91 Å². The van der Waals surface area contributed by atoms with Crippen LogP contribution in [0, 0.1) is 0 Å². The predicted octanol–water partition coefficient (Wildman–Crippen LogP) is 2.31. The number of nitrogens with one attached hydrogen (secondary N) is 1. The summed E-state index contributed by atoms with van der Waals surface area (Å²) in [6, 6.07) is 13.3. The minimum absolute atomic E-state index is 0.213. The summed E-state index contributed by atoms with van der Waals surface area (Å²) >= 11 is 1.54. The van der Waals surface area contributed by atoms with Gasteiger partial charge in [0, 0.05) is 12.3 Å². The fourth-order valence-electron chi connectivity index (χ4n) is 3.02. The largest absolute Gasteiger partial charge is 0.496 e. The first-order chi connectivity index (χ1) is 14.0. The van der Waals surface area contributed by atoms with Crippen molar-refractivity contribution in [2.75, 3.05) is 25.8 Å². The van der Waals surface area contributed by atoms with Crippen molar-refractivity contribution in [3.63, 3.8) is 0 Å². The molecule has 1 fully saturated rings. The number of carbonyl (C=O) groups is 3. The number of rotatable bonds is 6. The molecule has 1 saturated heterocycles. The lowest BCUT2D eigenvalue weighted by molar-refractivity contribution is -0.124. The van der Waals surface area contributed by atoms with E-state index in [1.54, 1.807) is 53.4 Å². The number of nitrogens with zero attached hydrogens (tertiary/aromatic N) is 1. The van der Waals surface area contributed by atoms with E-state index in [9.17, 15) is 14.4 Å². The molecular formula is C21H22N2O5S. The van der Waals surface area contributed by atoms with Crippen molar-refractivity contribution < 1.29 is 23.9 Å². The molecule has 7 nitrogen and oxygen atoms in total. The van der Waals surface area contributed by atoms with Crippen LogP contribution in [0.15, 0.2) is 48.5 Å². The number of ether oxygens (including phenoxy) is 2. The fraction of sp³-hybridized carbons (Fsp3) is 0.286. The number of methoxy groups -OCH3 is 2. The van der Waals surface area contributed by atoms with Crippen LogP contribution >= 0.6 is 11.8 Å². The highest BCUT2D eigenvalue weighted by Crippen LogP contribution is 2.27. The molecule has 0 aromatic heterocycles. The molecule has 3 rings (SSSR count). The highest BCUT2D eigenvalue weighted by molar-refractivity contribution is 7.99. The van der Waals surface area contributed by atoms with E-state index in [0.717, 1.165) is 5.56 Å². The molecule has 152 valence electrons.